The van der Waals surface area contributed by atoms with E-state index >= 15 is 0 Å². The zero-order valence-corrected chi connectivity index (χ0v) is 47.1. The first kappa shape index (κ1) is 51.9. The first-order valence-electron chi connectivity index (χ1n) is 29.9. The van der Waals surface area contributed by atoms with Crippen molar-refractivity contribution in [2.75, 3.05) is 0 Å². The third kappa shape index (κ3) is 10.6. The third-order valence-electron chi connectivity index (χ3n) is 19.1. The molecule has 9 aliphatic carbocycles. The summed E-state index contributed by atoms with van der Waals surface area (Å²) >= 11 is 0. The smallest absolute Gasteiger partial charge is 0.140 e. The van der Waals surface area contributed by atoms with Crippen molar-refractivity contribution in [3.05, 3.63) is 237 Å². The number of hydrogen-bond donors (Lipinski definition) is 4. The molecule has 0 radical (unpaired) electrons. The molecule has 400 valence electrons. The van der Waals surface area contributed by atoms with Gasteiger partial charge in [-0.1, -0.05) is 172 Å². The minimum absolute atomic E-state index is 0.0316. The predicted molar refractivity (Wildman–Crippen MR) is 327 cm³/mol. The zero-order valence-electron chi connectivity index (χ0n) is 47.1. The van der Waals surface area contributed by atoms with E-state index < -0.39 is 0 Å². The van der Waals surface area contributed by atoms with Gasteiger partial charge >= 0.3 is 0 Å². The zero-order chi connectivity index (χ0) is 53.4. The maximum absolute atomic E-state index is 9.62. The van der Waals surface area contributed by atoms with Gasteiger partial charge in [0.1, 0.15) is 11.3 Å². The lowest BCUT2D eigenvalue weighted by Gasteiger charge is -2.52. The fraction of sp³-hybridized carbons (Fsp3) is 0.384. The van der Waals surface area contributed by atoms with Crippen molar-refractivity contribution in [3.63, 3.8) is 0 Å². The quantitative estimate of drug-likeness (QED) is 0.0959. The molecule has 0 aliphatic heterocycles. The van der Waals surface area contributed by atoms with E-state index in [1.54, 1.807) is 11.1 Å². The first-order valence-corrected chi connectivity index (χ1v) is 29.9. The Labute approximate surface area is 465 Å². The molecule has 0 saturated heterocycles. The Hall–Kier alpha value is -6.85. The van der Waals surface area contributed by atoms with Gasteiger partial charge < -0.3 is 20.4 Å². The van der Waals surface area contributed by atoms with Gasteiger partial charge in [-0.25, -0.2) is 0 Å². The lowest BCUT2D eigenvalue weighted by molar-refractivity contribution is 0.0910. The Bertz CT molecular complexity index is 3360. The summed E-state index contributed by atoms with van der Waals surface area (Å²) in [5, 5.41) is 22.9. The number of para-hydroxylation sites is 1. The number of nitrogens with one attached hydrogen (secondary N) is 4. The van der Waals surface area contributed by atoms with Crippen LogP contribution in [0.15, 0.2) is 225 Å². The van der Waals surface area contributed by atoms with Gasteiger partial charge in [0.25, 0.3) is 0 Å². The summed E-state index contributed by atoms with van der Waals surface area (Å²) in [5.74, 6) is 3.12. The fourth-order valence-corrected chi connectivity index (χ4v) is 15.1. The highest BCUT2D eigenvalue weighted by Crippen LogP contribution is 2.52. The van der Waals surface area contributed by atoms with Gasteiger partial charge in [-0.05, 0) is 191 Å². The van der Waals surface area contributed by atoms with Gasteiger partial charge in [0.15, 0.2) is 0 Å². The maximum atomic E-state index is 9.62. The van der Waals surface area contributed by atoms with E-state index in [-0.39, 0.29) is 17.0 Å². The Balaban J connectivity index is 0.722. The Morgan fingerprint density at radius 3 is 2.41 bits per heavy atom. The number of aryl methyl sites for hydroxylation is 1. The molecular formula is C73H82N4O. The van der Waals surface area contributed by atoms with Crippen LogP contribution in [0.5, 0.6) is 0 Å². The maximum Gasteiger partial charge on any atom is 0.140 e. The van der Waals surface area contributed by atoms with Crippen LogP contribution in [0.4, 0.5) is 0 Å². The minimum atomic E-state index is -0.212. The number of furan rings is 1. The van der Waals surface area contributed by atoms with E-state index in [4.69, 9.17) is 4.42 Å². The highest BCUT2D eigenvalue weighted by atomic mass is 16.3. The lowest BCUT2D eigenvalue weighted by Crippen LogP contribution is -2.56. The summed E-state index contributed by atoms with van der Waals surface area (Å²) in [6.45, 7) is 12.1. The molecule has 78 heavy (non-hydrogen) atoms. The molecular weight excluding hydrogens is 949 g/mol. The van der Waals surface area contributed by atoms with Crippen LogP contribution in [-0.4, -0.2) is 17.3 Å². The normalized spacial score (nSPS) is 29.3. The molecule has 0 saturated carbocycles. The molecule has 0 bridgehead atoms. The third-order valence-corrected chi connectivity index (χ3v) is 19.1. The van der Waals surface area contributed by atoms with Crippen LogP contribution in [0.3, 0.4) is 0 Å². The van der Waals surface area contributed by atoms with Crippen molar-refractivity contribution < 1.29 is 4.42 Å². The standard InChI is InChI=1S/C73H82N4O/c1-48-27-41-63(69(74)64-25-14-24-62-61-23-12-13-26-68(61)78-70(62)64)67(45-48)75-50(3)51-32-39-60(40-33-51)77-73(5)44-15-17-49(2)71(73)72(4)43-16-22-58(47-72)57-36-42-66(65(46-57)56-20-10-7-11-21-56)76-59-37-34-55(35-38-59)54-30-28-53(29-31-54)52-18-8-6-9-19-52/h6-8,10-13,15-16,18,20-23,25-26,28,30,32,36-37,39,41-42,44-45,47-50,55,57,71,74-77H,9,14,17,19,24,27,29,31,33-35,38,40,43,46H2,1-5H3. The topological polar surface area (TPSA) is 73.1 Å². The van der Waals surface area contributed by atoms with E-state index in [1.807, 2.05) is 12.1 Å². The van der Waals surface area contributed by atoms with Gasteiger partial charge in [0.2, 0.25) is 0 Å². The van der Waals surface area contributed by atoms with E-state index in [2.05, 4.69) is 202 Å². The highest BCUT2D eigenvalue weighted by Gasteiger charge is 2.48. The van der Waals surface area contributed by atoms with E-state index in [0.29, 0.717) is 35.3 Å². The van der Waals surface area contributed by atoms with Crippen molar-refractivity contribution in [1.82, 2.24) is 16.0 Å². The Kier molecular flexibility index (Phi) is 14.7. The predicted octanol–water partition coefficient (Wildman–Crippen LogP) is 17.9. The second-order valence-corrected chi connectivity index (χ2v) is 24.8. The number of allylic oxidation sites excluding steroid dienone is 26. The molecule has 8 atom stereocenters. The molecule has 2 aromatic carbocycles. The van der Waals surface area contributed by atoms with Gasteiger partial charge in [0.05, 0.1) is 11.3 Å². The minimum Gasteiger partial charge on any atom is -0.456 e. The fourth-order valence-electron chi connectivity index (χ4n) is 15.1. The van der Waals surface area contributed by atoms with Crippen LogP contribution in [-0.2, 0) is 6.42 Å². The molecule has 5 heteroatoms. The summed E-state index contributed by atoms with van der Waals surface area (Å²) in [6, 6.07) is 19.6. The molecule has 5 nitrogen and oxygen atoms in total. The average Bonchev–Trinajstić information content (AvgIpc) is 3.86. The van der Waals surface area contributed by atoms with E-state index in [0.717, 1.165) is 92.4 Å². The van der Waals surface area contributed by atoms with Gasteiger partial charge in [0, 0.05) is 56.8 Å². The molecule has 9 aliphatic rings. The molecule has 0 spiro atoms. The van der Waals surface area contributed by atoms with Gasteiger partial charge in [-0.3, -0.25) is 5.41 Å². The van der Waals surface area contributed by atoms with E-state index in [9.17, 15) is 5.41 Å². The second kappa shape index (κ2) is 22.1. The summed E-state index contributed by atoms with van der Waals surface area (Å²) in [4.78, 5) is 0. The highest BCUT2D eigenvalue weighted by molar-refractivity contribution is 6.32. The molecule has 4 N–H and O–H groups in total. The van der Waals surface area contributed by atoms with Crippen molar-refractivity contribution in [2.24, 2.45) is 35.0 Å². The summed E-state index contributed by atoms with van der Waals surface area (Å²) < 4.78 is 6.45. The van der Waals surface area contributed by atoms with Crippen molar-refractivity contribution >= 4 is 27.8 Å². The van der Waals surface area contributed by atoms with Crippen LogP contribution in [0.2, 0.25) is 0 Å². The van der Waals surface area contributed by atoms with E-state index in [1.165, 1.54) is 88.0 Å². The molecule has 3 aromatic rings. The summed E-state index contributed by atoms with van der Waals surface area (Å²) in [6.07, 6.45) is 59.2. The van der Waals surface area contributed by atoms with Crippen LogP contribution < -0.4 is 16.0 Å². The molecule has 8 unspecified atom stereocenters. The summed E-state index contributed by atoms with van der Waals surface area (Å²) in [7, 11) is 0. The number of hydrogen-bond acceptors (Lipinski definition) is 5. The largest absolute Gasteiger partial charge is 0.456 e. The second-order valence-electron chi connectivity index (χ2n) is 24.8. The van der Waals surface area contributed by atoms with Crippen molar-refractivity contribution in [1.29, 1.82) is 5.41 Å². The number of rotatable bonds is 14. The Morgan fingerprint density at radius 2 is 1.62 bits per heavy atom. The SMILES string of the molecule is CC1C=C(NC(C)C2=CC=C(NC3(C)C=CCC(C)C3C3(C)C=C(C4C=CC(NC5=CCC(C6=CC=C(C7=CC=CCC7)CC6)CC5)=C(c5ccccc5)C4)C=CC3)CC2)C(C(=N)C2=CCCc3c2oc2ccccc32)=CC1. The molecule has 1 heterocycles. The molecule has 0 fully saturated rings. The summed E-state index contributed by atoms with van der Waals surface area (Å²) in [5.41, 5.74) is 19.6. The van der Waals surface area contributed by atoms with Crippen molar-refractivity contribution in [3.8, 4) is 0 Å². The van der Waals surface area contributed by atoms with Gasteiger partial charge in [-0.2, -0.15) is 0 Å². The first-order chi connectivity index (χ1) is 38.0. The lowest BCUT2D eigenvalue weighted by atomic mass is 9.56. The van der Waals surface area contributed by atoms with Crippen LogP contribution >= 0.6 is 0 Å². The van der Waals surface area contributed by atoms with Gasteiger partial charge in [-0.15, -0.1) is 0 Å². The van der Waals surface area contributed by atoms with Crippen LogP contribution in [0, 0.1) is 40.4 Å². The average molecular weight is 1030 g/mol. The van der Waals surface area contributed by atoms with Crippen LogP contribution in [0.25, 0.3) is 22.1 Å². The molecule has 0 amide bonds. The monoisotopic (exact) mass is 1030 g/mol. The van der Waals surface area contributed by atoms with Crippen molar-refractivity contribution in [2.45, 2.75) is 143 Å². The number of fused-ring (bicyclic) bond motifs is 3. The molecule has 1 aromatic heterocycles. The van der Waals surface area contributed by atoms with Crippen LogP contribution in [0.1, 0.15) is 141 Å². The number of benzene rings is 2. The molecule has 12 rings (SSSR count). The Morgan fingerprint density at radius 1 is 0.756 bits per heavy atom.